The zero-order valence-electron chi connectivity index (χ0n) is 10.6. The van der Waals surface area contributed by atoms with Crippen molar-refractivity contribution in [1.29, 1.82) is 0 Å². The molecule has 1 aromatic carbocycles. The second-order valence-electron chi connectivity index (χ2n) is 4.25. The number of nitrogens with zero attached hydrogens (tertiary/aromatic N) is 4. The van der Waals surface area contributed by atoms with Crippen LogP contribution in [0.4, 0.5) is 0 Å². The van der Waals surface area contributed by atoms with Crippen molar-refractivity contribution in [3.05, 3.63) is 29.0 Å². The van der Waals surface area contributed by atoms with E-state index < -0.39 is 0 Å². The number of benzene rings is 1. The second kappa shape index (κ2) is 5.00. The Kier molecular flexibility index (Phi) is 3.31. The maximum atomic E-state index is 12.0. The van der Waals surface area contributed by atoms with Gasteiger partial charge in [-0.2, -0.15) is 0 Å². The van der Waals surface area contributed by atoms with E-state index in [0.717, 1.165) is 0 Å². The van der Waals surface area contributed by atoms with Gasteiger partial charge < -0.3 is 0 Å². The minimum absolute atomic E-state index is 0.126. The molecule has 0 bridgehead atoms. The third-order valence-corrected chi connectivity index (χ3v) is 3.44. The van der Waals surface area contributed by atoms with Crippen LogP contribution in [0, 0.1) is 0 Å². The van der Waals surface area contributed by atoms with E-state index in [1.165, 1.54) is 4.57 Å². The molecule has 0 aliphatic heterocycles. The zero-order chi connectivity index (χ0) is 14.3. The van der Waals surface area contributed by atoms with Gasteiger partial charge in [0.1, 0.15) is 11.7 Å². The van der Waals surface area contributed by atoms with E-state index >= 15 is 0 Å². The lowest BCUT2D eigenvalue weighted by molar-refractivity contribution is 0.0941. The van der Waals surface area contributed by atoms with Gasteiger partial charge in [-0.1, -0.05) is 18.5 Å². The van der Waals surface area contributed by atoms with Crippen molar-refractivity contribution >= 4 is 51.4 Å². The largest absolute Gasteiger partial charge is 0.273 e. The fraction of sp³-hybridized carbons (Fsp3) is 0.231. The summed E-state index contributed by atoms with van der Waals surface area (Å²) in [6.07, 6.45) is 0.595. The smallest absolute Gasteiger partial charge is 0.248 e. The first-order valence-electron chi connectivity index (χ1n) is 6.08. The van der Waals surface area contributed by atoms with E-state index in [9.17, 15) is 4.79 Å². The standard InChI is InChI=1S/C13H10Cl2N4O/c1-2-10-18-12-13(19(10)11(20)6-14)17-8-4-3-7(15)5-9(8)16-12/h3-5H,2,6H2,1H3. The molecule has 3 rings (SSSR count). The fourth-order valence-electron chi connectivity index (χ4n) is 2.09. The van der Waals surface area contributed by atoms with Crippen molar-refractivity contribution in [2.24, 2.45) is 0 Å². The SMILES string of the molecule is CCc1nc2nc3cc(Cl)ccc3nc2n1C(=O)CCl. The van der Waals surface area contributed by atoms with E-state index in [4.69, 9.17) is 23.2 Å². The normalized spacial score (nSPS) is 11.3. The molecule has 0 fully saturated rings. The highest BCUT2D eigenvalue weighted by Crippen LogP contribution is 2.20. The first-order chi connectivity index (χ1) is 9.63. The van der Waals surface area contributed by atoms with Crippen LogP contribution in [0.25, 0.3) is 22.3 Å². The Bertz CT molecular complexity index is 828. The molecule has 102 valence electrons. The summed E-state index contributed by atoms with van der Waals surface area (Å²) in [6.45, 7) is 1.91. The number of halogens is 2. The second-order valence-corrected chi connectivity index (χ2v) is 4.95. The quantitative estimate of drug-likeness (QED) is 0.683. The highest BCUT2D eigenvalue weighted by atomic mass is 35.5. The minimum Gasteiger partial charge on any atom is -0.273 e. The first kappa shape index (κ1) is 13.3. The van der Waals surface area contributed by atoms with E-state index in [-0.39, 0.29) is 11.8 Å². The van der Waals surface area contributed by atoms with Gasteiger partial charge in [-0.15, -0.1) is 11.6 Å². The Balaban J connectivity index is 2.38. The monoisotopic (exact) mass is 308 g/mol. The lowest BCUT2D eigenvalue weighted by Crippen LogP contribution is -2.15. The van der Waals surface area contributed by atoms with Crippen molar-refractivity contribution in [1.82, 2.24) is 19.5 Å². The number of aryl methyl sites for hydroxylation is 1. The van der Waals surface area contributed by atoms with Gasteiger partial charge in [0, 0.05) is 11.4 Å². The predicted molar refractivity (Wildman–Crippen MR) is 78.6 cm³/mol. The average molecular weight is 309 g/mol. The van der Waals surface area contributed by atoms with Crippen LogP contribution in [-0.4, -0.2) is 31.3 Å². The Hall–Kier alpha value is -1.72. The average Bonchev–Trinajstić information content (AvgIpc) is 2.81. The number of imidazole rings is 1. The molecule has 0 unspecified atom stereocenters. The van der Waals surface area contributed by atoms with Gasteiger partial charge in [0.2, 0.25) is 5.91 Å². The Morgan fingerprint density at radius 1 is 1.25 bits per heavy atom. The maximum Gasteiger partial charge on any atom is 0.248 e. The summed E-state index contributed by atoms with van der Waals surface area (Å²) >= 11 is 11.6. The highest BCUT2D eigenvalue weighted by molar-refractivity contribution is 6.31. The number of aromatic nitrogens is 4. The minimum atomic E-state index is -0.256. The van der Waals surface area contributed by atoms with Crippen molar-refractivity contribution in [3.8, 4) is 0 Å². The summed E-state index contributed by atoms with van der Waals surface area (Å²) in [7, 11) is 0. The Morgan fingerprint density at radius 3 is 2.75 bits per heavy atom. The summed E-state index contributed by atoms with van der Waals surface area (Å²) in [5.41, 5.74) is 2.17. The highest BCUT2D eigenvalue weighted by Gasteiger charge is 2.18. The number of fused-ring (bicyclic) bond motifs is 2. The zero-order valence-corrected chi connectivity index (χ0v) is 12.1. The summed E-state index contributed by atoms with van der Waals surface area (Å²) in [6, 6.07) is 5.21. The van der Waals surface area contributed by atoms with Crippen molar-refractivity contribution in [3.63, 3.8) is 0 Å². The van der Waals surface area contributed by atoms with Crippen molar-refractivity contribution in [2.45, 2.75) is 13.3 Å². The molecular formula is C13H10Cl2N4O. The van der Waals surface area contributed by atoms with Gasteiger partial charge in [0.05, 0.1) is 11.0 Å². The lowest BCUT2D eigenvalue weighted by Gasteiger charge is -2.03. The van der Waals surface area contributed by atoms with Crippen molar-refractivity contribution in [2.75, 3.05) is 5.88 Å². The fourth-order valence-corrected chi connectivity index (χ4v) is 2.37. The van der Waals surface area contributed by atoms with Crippen LogP contribution in [-0.2, 0) is 6.42 Å². The van der Waals surface area contributed by atoms with Crippen LogP contribution < -0.4 is 0 Å². The molecule has 3 aromatic rings. The molecule has 2 heterocycles. The van der Waals surface area contributed by atoms with E-state index in [1.54, 1.807) is 18.2 Å². The summed E-state index contributed by atoms with van der Waals surface area (Å²) in [5.74, 6) is 0.222. The molecule has 2 aromatic heterocycles. The van der Waals surface area contributed by atoms with Crippen LogP contribution in [0.15, 0.2) is 18.2 Å². The molecular weight excluding hydrogens is 299 g/mol. The van der Waals surface area contributed by atoms with Gasteiger partial charge in [-0.05, 0) is 18.2 Å². The molecule has 0 atom stereocenters. The predicted octanol–water partition coefficient (Wildman–Crippen LogP) is 3.07. The summed E-state index contributed by atoms with van der Waals surface area (Å²) in [5, 5.41) is 0.582. The van der Waals surface area contributed by atoms with Gasteiger partial charge in [-0.3, -0.25) is 4.79 Å². The summed E-state index contributed by atoms with van der Waals surface area (Å²) < 4.78 is 1.43. The molecule has 0 radical (unpaired) electrons. The van der Waals surface area contributed by atoms with Crippen LogP contribution in [0.3, 0.4) is 0 Å². The summed E-state index contributed by atoms with van der Waals surface area (Å²) in [4.78, 5) is 25.2. The molecule has 20 heavy (non-hydrogen) atoms. The third-order valence-electron chi connectivity index (χ3n) is 2.97. The number of rotatable bonds is 2. The van der Waals surface area contributed by atoms with Gasteiger partial charge in [-0.25, -0.2) is 19.5 Å². The van der Waals surface area contributed by atoms with Gasteiger partial charge in [0.15, 0.2) is 11.3 Å². The number of hydrogen-bond donors (Lipinski definition) is 0. The molecule has 0 saturated heterocycles. The molecule has 0 amide bonds. The van der Waals surface area contributed by atoms with Gasteiger partial charge in [0.25, 0.3) is 0 Å². The Morgan fingerprint density at radius 2 is 2.05 bits per heavy atom. The number of carbonyl (C=O) groups is 1. The lowest BCUT2D eigenvalue weighted by atomic mass is 10.3. The van der Waals surface area contributed by atoms with Crippen molar-refractivity contribution < 1.29 is 4.79 Å². The third kappa shape index (κ3) is 2.03. The van der Waals surface area contributed by atoms with Crippen LogP contribution >= 0.6 is 23.2 Å². The number of hydrogen-bond acceptors (Lipinski definition) is 4. The molecule has 0 N–H and O–H groups in total. The molecule has 0 spiro atoms. The Labute approximate surface area is 124 Å². The first-order valence-corrected chi connectivity index (χ1v) is 6.99. The van der Waals surface area contributed by atoms with Crippen LogP contribution in [0.2, 0.25) is 5.02 Å². The molecule has 7 heteroatoms. The molecule has 5 nitrogen and oxygen atoms in total. The molecule has 0 aliphatic carbocycles. The van der Waals surface area contributed by atoms with E-state index in [1.807, 2.05) is 6.92 Å². The van der Waals surface area contributed by atoms with Gasteiger partial charge >= 0.3 is 0 Å². The maximum absolute atomic E-state index is 12.0. The topological polar surface area (TPSA) is 60.7 Å². The molecule has 0 saturated carbocycles. The van der Waals surface area contributed by atoms with E-state index in [0.29, 0.717) is 39.6 Å². The number of carbonyl (C=O) groups excluding carboxylic acids is 1. The number of alkyl halides is 1. The van der Waals surface area contributed by atoms with Crippen LogP contribution in [0.1, 0.15) is 17.5 Å². The van der Waals surface area contributed by atoms with Crippen LogP contribution in [0.5, 0.6) is 0 Å². The molecule has 0 aliphatic rings. The van der Waals surface area contributed by atoms with E-state index in [2.05, 4.69) is 15.0 Å².